The van der Waals surface area contributed by atoms with Gasteiger partial charge < -0.3 is 9.73 Å². The molecule has 1 aliphatic carbocycles. The lowest BCUT2D eigenvalue weighted by Gasteiger charge is -1.96. The van der Waals surface area contributed by atoms with Crippen molar-refractivity contribution >= 4 is 6.01 Å². The third-order valence-electron chi connectivity index (χ3n) is 1.86. The zero-order valence-corrected chi connectivity index (χ0v) is 6.63. The van der Waals surface area contributed by atoms with Crippen LogP contribution in [0.1, 0.15) is 18.6 Å². The van der Waals surface area contributed by atoms with E-state index < -0.39 is 0 Å². The van der Waals surface area contributed by atoms with Crippen molar-refractivity contribution in [2.24, 2.45) is 5.92 Å². The van der Waals surface area contributed by atoms with E-state index in [0.717, 1.165) is 18.2 Å². The molecule has 60 valence electrons. The molecule has 1 saturated carbocycles. The summed E-state index contributed by atoms with van der Waals surface area (Å²) in [7, 11) is 0. The first kappa shape index (κ1) is 6.70. The second-order valence-electron chi connectivity index (χ2n) is 3.10. The fraction of sp³-hybridized carbons (Fsp3) is 0.625. The summed E-state index contributed by atoms with van der Waals surface area (Å²) in [5.74, 6) is 1.73. The Balaban J connectivity index is 1.85. The molecule has 1 fully saturated rings. The molecule has 0 amide bonds. The molecular weight excluding hydrogens is 140 g/mol. The molecule has 1 aliphatic rings. The molecule has 3 heteroatoms. The lowest BCUT2D eigenvalue weighted by Crippen LogP contribution is -2.02. The van der Waals surface area contributed by atoms with E-state index in [4.69, 9.17) is 4.42 Å². The van der Waals surface area contributed by atoms with Gasteiger partial charge >= 0.3 is 0 Å². The van der Waals surface area contributed by atoms with Gasteiger partial charge in [0.25, 0.3) is 6.01 Å². The van der Waals surface area contributed by atoms with Crippen molar-refractivity contribution < 1.29 is 4.42 Å². The molecule has 0 aliphatic heterocycles. The fourth-order valence-corrected chi connectivity index (χ4v) is 0.990. The zero-order valence-electron chi connectivity index (χ0n) is 6.63. The van der Waals surface area contributed by atoms with E-state index in [0.29, 0.717) is 6.01 Å². The van der Waals surface area contributed by atoms with Gasteiger partial charge in [0.1, 0.15) is 5.76 Å². The largest absolute Gasteiger partial charge is 0.429 e. The van der Waals surface area contributed by atoms with Gasteiger partial charge in [-0.15, -0.1) is 0 Å². The third-order valence-corrected chi connectivity index (χ3v) is 1.86. The topological polar surface area (TPSA) is 38.1 Å². The van der Waals surface area contributed by atoms with Crippen LogP contribution < -0.4 is 5.32 Å². The van der Waals surface area contributed by atoms with Gasteiger partial charge in [-0.05, 0) is 25.7 Å². The number of rotatable bonds is 3. The van der Waals surface area contributed by atoms with E-state index in [1.165, 1.54) is 12.8 Å². The molecule has 0 spiro atoms. The lowest BCUT2D eigenvalue weighted by atomic mass is 10.4. The van der Waals surface area contributed by atoms with Gasteiger partial charge in [0, 0.05) is 6.54 Å². The van der Waals surface area contributed by atoms with E-state index in [1.54, 1.807) is 6.20 Å². The molecule has 1 aromatic heterocycles. The van der Waals surface area contributed by atoms with Crippen molar-refractivity contribution in [2.45, 2.75) is 19.8 Å². The Labute approximate surface area is 65.8 Å². The number of hydrogen-bond acceptors (Lipinski definition) is 3. The number of aryl methyl sites for hydroxylation is 1. The molecule has 11 heavy (non-hydrogen) atoms. The number of aromatic nitrogens is 1. The highest BCUT2D eigenvalue weighted by Crippen LogP contribution is 2.28. The minimum Gasteiger partial charge on any atom is -0.429 e. The van der Waals surface area contributed by atoms with Crippen LogP contribution in [0.5, 0.6) is 0 Å². The zero-order chi connectivity index (χ0) is 7.68. The molecule has 0 unspecified atom stereocenters. The van der Waals surface area contributed by atoms with Gasteiger partial charge in [-0.3, -0.25) is 0 Å². The molecule has 3 nitrogen and oxygen atoms in total. The predicted molar refractivity (Wildman–Crippen MR) is 42.5 cm³/mol. The van der Waals surface area contributed by atoms with Crippen LogP contribution >= 0.6 is 0 Å². The Bertz CT molecular complexity index is 240. The van der Waals surface area contributed by atoms with Crippen molar-refractivity contribution in [3.05, 3.63) is 12.0 Å². The summed E-state index contributed by atoms with van der Waals surface area (Å²) < 4.78 is 5.24. The molecule has 0 atom stereocenters. The predicted octanol–water partition coefficient (Wildman–Crippen LogP) is 1.80. The van der Waals surface area contributed by atoms with Crippen LogP contribution in [0.25, 0.3) is 0 Å². The number of nitrogens with zero attached hydrogens (tertiary/aromatic N) is 1. The average molecular weight is 152 g/mol. The number of anilines is 1. The number of nitrogens with one attached hydrogen (secondary N) is 1. The van der Waals surface area contributed by atoms with Crippen LogP contribution in [0.3, 0.4) is 0 Å². The van der Waals surface area contributed by atoms with Gasteiger partial charge in [-0.2, -0.15) is 0 Å². The van der Waals surface area contributed by atoms with Crippen molar-refractivity contribution in [1.29, 1.82) is 0 Å². The summed E-state index contributed by atoms with van der Waals surface area (Å²) >= 11 is 0. The maximum absolute atomic E-state index is 5.24. The van der Waals surface area contributed by atoms with Gasteiger partial charge in [-0.1, -0.05) is 0 Å². The smallest absolute Gasteiger partial charge is 0.294 e. The Hall–Kier alpha value is -0.990. The minimum atomic E-state index is 0.661. The number of oxazole rings is 1. The maximum Gasteiger partial charge on any atom is 0.294 e. The molecule has 1 aromatic rings. The first-order valence-electron chi connectivity index (χ1n) is 4.01. The van der Waals surface area contributed by atoms with E-state index in [9.17, 15) is 0 Å². The van der Waals surface area contributed by atoms with Crippen LogP contribution in [-0.4, -0.2) is 11.5 Å². The second kappa shape index (κ2) is 2.57. The number of hydrogen-bond donors (Lipinski definition) is 1. The molecule has 0 saturated heterocycles. The monoisotopic (exact) mass is 152 g/mol. The molecule has 2 rings (SSSR count). The summed E-state index contributed by atoms with van der Waals surface area (Å²) in [5.41, 5.74) is 0. The Kier molecular flexibility index (Phi) is 1.56. The van der Waals surface area contributed by atoms with Gasteiger partial charge in [0.2, 0.25) is 0 Å². The fourth-order valence-electron chi connectivity index (χ4n) is 0.990. The summed E-state index contributed by atoms with van der Waals surface area (Å²) in [5, 5.41) is 3.15. The molecule has 0 radical (unpaired) electrons. The van der Waals surface area contributed by atoms with Crippen LogP contribution in [0.4, 0.5) is 6.01 Å². The highest BCUT2D eigenvalue weighted by Gasteiger charge is 2.21. The van der Waals surface area contributed by atoms with Crippen molar-refractivity contribution in [3.8, 4) is 0 Å². The van der Waals surface area contributed by atoms with Crippen LogP contribution in [0.15, 0.2) is 10.6 Å². The molecule has 0 aromatic carbocycles. The normalized spacial score (nSPS) is 16.8. The first-order chi connectivity index (χ1) is 5.34. The Morgan fingerprint density at radius 2 is 2.55 bits per heavy atom. The summed E-state index contributed by atoms with van der Waals surface area (Å²) in [4.78, 5) is 4.04. The lowest BCUT2D eigenvalue weighted by molar-refractivity contribution is 0.538. The third kappa shape index (κ3) is 1.73. The van der Waals surface area contributed by atoms with Crippen LogP contribution in [0, 0.1) is 12.8 Å². The highest BCUT2D eigenvalue weighted by atomic mass is 16.4. The summed E-state index contributed by atoms with van der Waals surface area (Å²) in [6, 6.07) is 0.661. The summed E-state index contributed by atoms with van der Waals surface area (Å²) in [6.45, 7) is 2.91. The highest BCUT2D eigenvalue weighted by molar-refractivity contribution is 5.20. The van der Waals surface area contributed by atoms with E-state index in [1.807, 2.05) is 6.92 Å². The van der Waals surface area contributed by atoms with Crippen molar-refractivity contribution in [1.82, 2.24) is 4.98 Å². The maximum atomic E-state index is 5.24. The first-order valence-corrected chi connectivity index (χ1v) is 4.01. The van der Waals surface area contributed by atoms with E-state index in [2.05, 4.69) is 10.3 Å². The average Bonchev–Trinajstić information content (AvgIpc) is 2.72. The van der Waals surface area contributed by atoms with Crippen LogP contribution in [-0.2, 0) is 0 Å². The molecular formula is C8H12N2O. The SMILES string of the molecule is Cc1cnc(NCC2CC2)o1. The van der Waals surface area contributed by atoms with Gasteiger partial charge in [0.15, 0.2) is 0 Å². The second-order valence-corrected chi connectivity index (χ2v) is 3.10. The van der Waals surface area contributed by atoms with E-state index >= 15 is 0 Å². The summed E-state index contributed by atoms with van der Waals surface area (Å²) in [6.07, 6.45) is 4.44. The minimum absolute atomic E-state index is 0.661. The van der Waals surface area contributed by atoms with Crippen LogP contribution in [0.2, 0.25) is 0 Å². The van der Waals surface area contributed by atoms with E-state index in [-0.39, 0.29) is 0 Å². The Morgan fingerprint density at radius 1 is 1.73 bits per heavy atom. The standard InChI is InChI=1S/C8H12N2O/c1-6-4-9-8(11-6)10-5-7-2-3-7/h4,7H,2-3,5H2,1H3,(H,9,10). The molecule has 1 N–H and O–H groups in total. The Morgan fingerprint density at radius 3 is 3.09 bits per heavy atom. The van der Waals surface area contributed by atoms with Gasteiger partial charge in [-0.25, -0.2) is 4.98 Å². The van der Waals surface area contributed by atoms with Crippen molar-refractivity contribution in [2.75, 3.05) is 11.9 Å². The van der Waals surface area contributed by atoms with Gasteiger partial charge in [0.05, 0.1) is 6.20 Å². The van der Waals surface area contributed by atoms with Crippen molar-refractivity contribution in [3.63, 3.8) is 0 Å². The molecule has 0 bridgehead atoms. The molecule has 1 heterocycles. The quantitative estimate of drug-likeness (QED) is 0.717.